The normalized spacial score (nSPS) is 15.0. The molecule has 0 radical (unpaired) electrons. The first-order valence-electron chi connectivity index (χ1n) is 9.72. The summed E-state index contributed by atoms with van der Waals surface area (Å²) in [6.45, 7) is 2.18. The number of benzene rings is 2. The van der Waals surface area contributed by atoms with Crippen molar-refractivity contribution in [2.45, 2.75) is 25.4 Å². The van der Waals surface area contributed by atoms with Gasteiger partial charge in [-0.15, -0.1) is 0 Å². The van der Waals surface area contributed by atoms with Gasteiger partial charge in [-0.25, -0.2) is 9.97 Å². The molecule has 0 bridgehead atoms. The predicted molar refractivity (Wildman–Crippen MR) is 109 cm³/mol. The molecule has 0 spiro atoms. The van der Waals surface area contributed by atoms with E-state index in [0.29, 0.717) is 19.5 Å². The Kier molecular flexibility index (Phi) is 5.73. The highest BCUT2D eigenvalue weighted by Crippen LogP contribution is 2.19. The number of aromatic nitrogens is 2. The number of likely N-dealkylation sites (tertiary alicyclic amines) is 1. The van der Waals surface area contributed by atoms with E-state index in [1.54, 1.807) is 0 Å². The third-order valence-corrected chi connectivity index (χ3v) is 5.07. The van der Waals surface area contributed by atoms with Crippen LogP contribution < -0.4 is 5.32 Å². The van der Waals surface area contributed by atoms with Crippen molar-refractivity contribution in [3.63, 3.8) is 0 Å². The lowest BCUT2D eigenvalue weighted by Gasteiger charge is -2.25. The predicted octanol–water partition coefficient (Wildman–Crippen LogP) is 3.60. The highest BCUT2D eigenvalue weighted by molar-refractivity contribution is 5.78. The van der Waals surface area contributed by atoms with E-state index in [2.05, 4.69) is 27.4 Å². The average Bonchev–Trinajstić information content (AvgIpc) is 3.17. The summed E-state index contributed by atoms with van der Waals surface area (Å²) in [5.74, 6) is 0.977. The van der Waals surface area contributed by atoms with Crippen molar-refractivity contribution in [1.82, 2.24) is 20.2 Å². The van der Waals surface area contributed by atoms with Gasteiger partial charge in [0, 0.05) is 49.6 Å². The summed E-state index contributed by atoms with van der Waals surface area (Å²) >= 11 is 0. The summed E-state index contributed by atoms with van der Waals surface area (Å²) in [5.41, 5.74) is 3.22. The smallest absolute Gasteiger partial charge is 0.222 e. The number of hydrogen-bond donors (Lipinski definition) is 1. The third kappa shape index (κ3) is 4.43. The number of nitrogens with one attached hydrogen (secondary N) is 1. The fourth-order valence-corrected chi connectivity index (χ4v) is 3.51. The van der Waals surface area contributed by atoms with Crippen LogP contribution in [0.15, 0.2) is 73.1 Å². The van der Waals surface area contributed by atoms with Crippen LogP contribution in [0.25, 0.3) is 11.4 Å². The molecule has 28 heavy (non-hydrogen) atoms. The van der Waals surface area contributed by atoms with Gasteiger partial charge in [-0.05, 0) is 12.0 Å². The Balaban J connectivity index is 1.44. The van der Waals surface area contributed by atoms with Crippen LogP contribution in [0, 0.1) is 0 Å². The van der Waals surface area contributed by atoms with Crippen LogP contribution in [0.4, 0.5) is 0 Å². The molecule has 1 amide bonds. The lowest BCUT2D eigenvalue weighted by Crippen LogP contribution is -2.35. The van der Waals surface area contributed by atoms with E-state index < -0.39 is 0 Å². The fraction of sp³-hybridized carbons (Fsp3) is 0.261. The Labute approximate surface area is 165 Å². The molecule has 1 fully saturated rings. The van der Waals surface area contributed by atoms with E-state index >= 15 is 0 Å². The standard InChI is InChI=1S/C23H24N4O/c28-22-12-7-13-27(22)17-21(19-8-3-1-4-9-19)24-14-18-15-25-23(26-16-18)20-10-5-2-6-11-20/h1-6,8-11,15-16,21,24H,7,12-14,17H2/t21-/m0/s1. The first kappa shape index (κ1) is 18.3. The van der Waals surface area contributed by atoms with Crippen molar-refractivity contribution in [2.75, 3.05) is 13.1 Å². The van der Waals surface area contributed by atoms with Crippen molar-refractivity contribution in [3.05, 3.63) is 84.2 Å². The monoisotopic (exact) mass is 372 g/mol. The van der Waals surface area contributed by atoms with Gasteiger partial charge in [0.25, 0.3) is 0 Å². The summed E-state index contributed by atoms with van der Waals surface area (Å²) in [4.78, 5) is 23.0. The molecule has 142 valence electrons. The van der Waals surface area contributed by atoms with Crippen molar-refractivity contribution >= 4 is 5.91 Å². The van der Waals surface area contributed by atoms with Crippen LogP contribution in [0.1, 0.15) is 30.0 Å². The highest BCUT2D eigenvalue weighted by Gasteiger charge is 2.24. The van der Waals surface area contributed by atoms with Gasteiger partial charge in [0.1, 0.15) is 0 Å². The van der Waals surface area contributed by atoms with Crippen LogP contribution in [-0.2, 0) is 11.3 Å². The highest BCUT2D eigenvalue weighted by atomic mass is 16.2. The lowest BCUT2D eigenvalue weighted by atomic mass is 10.1. The van der Waals surface area contributed by atoms with Gasteiger partial charge in [-0.3, -0.25) is 4.79 Å². The molecule has 4 rings (SSSR count). The van der Waals surface area contributed by atoms with Gasteiger partial charge < -0.3 is 10.2 Å². The molecule has 1 N–H and O–H groups in total. The topological polar surface area (TPSA) is 58.1 Å². The minimum absolute atomic E-state index is 0.0806. The zero-order chi connectivity index (χ0) is 19.2. The van der Waals surface area contributed by atoms with Gasteiger partial charge in [0.05, 0.1) is 6.04 Å². The van der Waals surface area contributed by atoms with Crippen LogP contribution in [-0.4, -0.2) is 33.9 Å². The Morgan fingerprint density at radius 1 is 0.964 bits per heavy atom. The number of hydrogen-bond acceptors (Lipinski definition) is 4. The molecule has 3 aromatic rings. The average molecular weight is 372 g/mol. The van der Waals surface area contributed by atoms with E-state index in [9.17, 15) is 4.79 Å². The SMILES string of the molecule is O=C1CCCN1C[C@H](NCc1cnc(-c2ccccc2)nc1)c1ccccc1. The summed E-state index contributed by atoms with van der Waals surface area (Å²) in [5, 5.41) is 3.59. The Morgan fingerprint density at radius 2 is 1.64 bits per heavy atom. The molecule has 1 aliphatic rings. The van der Waals surface area contributed by atoms with Gasteiger partial charge in [-0.2, -0.15) is 0 Å². The first-order chi connectivity index (χ1) is 13.8. The molecule has 1 aromatic heterocycles. The van der Waals surface area contributed by atoms with E-state index in [0.717, 1.165) is 29.9 Å². The van der Waals surface area contributed by atoms with Crippen LogP contribution in [0.5, 0.6) is 0 Å². The zero-order valence-electron chi connectivity index (χ0n) is 15.8. The Morgan fingerprint density at radius 3 is 2.29 bits per heavy atom. The maximum Gasteiger partial charge on any atom is 0.222 e. The van der Waals surface area contributed by atoms with Gasteiger partial charge in [0.15, 0.2) is 5.82 Å². The molecule has 0 saturated carbocycles. The molecule has 2 aromatic carbocycles. The van der Waals surface area contributed by atoms with Crippen molar-refractivity contribution in [3.8, 4) is 11.4 Å². The van der Waals surface area contributed by atoms with Crippen molar-refractivity contribution < 1.29 is 4.79 Å². The Hall–Kier alpha value is -3.05. The second kappa shape index (κ2) is 8.76. The molecule has 1 saturated heterocycles. The molecule has 1 atom stereocenters. The number of amides is 1. The molecular weight excluding hydrogens is 348 g/mol. The third-order valence-electron chi connectivity index (χ3n) is 5.07. The minimum atomic E-state index is 0.0806. The maximum absolute atomic E-state index is 12.1. The van der Waals surface area contributed by atoms with E-state index in [-0.39, 0.29) is 11.9 Å². The number of rotatable bonds is 7. The van der Waals surface area contributed by atoms with Crippen LogP contribution in [0.3, 0.4) is 0 Å². The molecule has 0 unspecified atom stereocenters. The minimum Gasteiger partial charge on any atom is -0.341 e. The van der Waals surface area contributed by atoms with Crippen LogP contribution >= 0.6 is 0 Å². The number of nitrogens with zero attached hydrogens (tertiary/aromatic N) is 3. The summed E-state index contributed by atoms with van der Waals surface area (Å²) < 4.78 is 0. The first-order valence-corrected chi connectivity index (χ1v) is 9.72. The zero-order valence-corrected chi connectivity index (χ0v) is 15.8. The van der Waals surface area contributed by atoms with Crippen molar-refractivity contribution in [2.24, 2.45) is 0 Å². The number of carbonyl (C=O) groups excluding carboxylic acids is 1. The molecule has 5 heteroatoms. The molecule has 5 nitrogen and oxygen atoms in total. The summed E-state index contributed by atoms with van der Waals surface area (Å²) in [6.07, 6.45) is 5.35. The van der Waals surface area contributed by atoms with Gasteiger partial charge in [-0.1, -0.05) is 60.7 Å². The second-order valence-corrected chi connectivity index (χ2v) is 7.07. The van der Waals surface area contributed by atoms with E-state index in [4.69, 9.17) is 0 Å². The van der Waals surface area contributed by atoms with E-state index in [1.807, 2.05) is 65.8 Å². The maximum atomic E-state index is 12.1. The number of carbonyl (C=O) groups is 1. The van der Waals surface area contributed by atoms with Gasteiger partial charge >= 0.3 is 0 Å². The van der Waals surface area contributed by atoms with Crippen molar-refractivity contribution in [1.29, 1.82) is 0 Å². The molecule has 1 aliphatic heterocycles. The fourth-order valence-electron chi connectivity index (χ4n) is 3.51. The van der Waals surface area contributed by atoms with E-state index in [1.165, 1.54) is 5.56 Å². The lowest BCUT2D eigenvalue weighted by molar-refractivity contribution is -0.128. The molecule has 0 aliphatic carbocycles. The molecule has 2 heterocycles. The second-order valence-electron chi connectivity index (χ2n) is 7.07. The summed E-state index contributed by atoms with van der Waals surface area (Å²) in [7, 11) is 0. The molecular formula is C23H24N4O. The quantitative estimate of drug-likeness (QED) is 0.688. The van der Waals surface area contributed by atoms with Gasteiger partial charge in [0.2, 0.25) is 5.91 Å². The summed E-state index contributed by atoms with van der Waals surface area (Å²) in [6, 6.07) is 20.3. The van der Waals surface area contributed by atoms with Crippen LogP contribution in [0.2, 0.25) is 0 Å². The Bertz CT molecular complexity index is 897. The largest absolute Gasteiger partial charge is 0.341 e.